The van der Waals surface area contributed by atoms with Crippen molar-refractivity contribution in [2.45, 2.75) is 13.5 Å². The van der Waals surface area contributed by atoms with Crippen LogP contribution in [-0.2, 0) is 6.54 Å². The van der Waals surface area contributed by atoms with E-state index in [4.69, 9.17) is 9.47 Å². The summed E-state index contributed by atoms with van der Waals surface area (Å²) in [6.07, 6.45) is 0.541. The highest BCUT2D eigenvalue weighted by Gasteiger charge is 2.05. The number of aromatic nitrogens is 3. The predicted molar refractivity (Wildman–Crippen MR) is 144 cm³/mol. The van der Waals surface area contributed by atoms with Crippen LogP contribution in [0.2, 0.25) is 0 Å². The van der Waals surface area contributed by atoms with E-state index in [2.05, 4.69) is 37.4 Å². The SMILES string of the molecule is Cc1cscc(Oc2ccc(OCCn3nnc4ccccc43)cc2)c(O)ccc1NPI. The van der Waals surface area contributed by atoms with Crippen LogP contribution < -0.4 is 14.6 Å². The molecule has 7 nitrogen and oxygen atoms in total. The van der Waals surface area contributed by atoms with Crippen LogP contribution in [0, 0.1) is 6.92 Å². The molecule has 2 aromatic carbocycles. The molecule has 2 aromatic heterocycles. The molecule has 2 N–H and O–H groups in total. The van der Waals surface area contributed by atoms with Gasteiger partial charge in [-0.2, -0.15) is 0 Å². The van der Waals surface area contributed by atoms with Crippen LogP contribution in [0.4, 0.5) is 5.69 Å². The zero-order valence-corrected chi connectivity index (χ0v) is 21.7. The van der Waals surface area contributed by atoms with Gasteiger partial charge >= 0.3 is 0 Å². The Morgan fingerprint density at radius 1 is 1.06 bits per heavy atom. The van der Waals surface area contributed by atoms with Crippen molar-refractivity contribution >= 4 is 56.5 Å². The van der Waals surface area contributed by atoms with Crippen LogP contribution in [0.1, 0.15) is 5.56 Å². The molecular weight excluding hydrogens is 570 g/mol. The molecule has 0 fully saturated rings. The summed E-state index contributed by atoms with van der Waals surface area (Å²) in [4.78, 5) is 0. The first-order chi connectivity index (χ1) is 16.1. The second-order valence-corrected chi connectivity index (χ2v) is 9.79. The highest BCUT2D eigenvalue weighted by Crippen LogP contribution is 2.33. The molecule has 10 heteroatoms. The highest BCUT2D eigenvalue weighted by atomic mass is 127. The maximum atomic E-state index is 10.5. The fourth-order valence-corrected chi connectivity index (χ4v) is 4.97. The molecule has 0 radical (unpaired) electrons. The molecule has 0 aliphatic heterocycles. The first-order valence-corrected chi connectivity index (χ1v) is 15.1. The second-order valence-electron chi connectivity index (χ2n) is 6.99. The van der Waals surface area contributed by atoms with E-state index >= 15 is 0 Å². The van der Waals surface area contributed by atoms with Gasteiger partial charge in [-0.15, -0.1) is 16.4 Å². The van der Waals surface area contributed by atoms with Crippen LogP contribution >= 0.6 is 39.8 Å². The lowest BCUT2D eigenvalue weighted by Crippen LogP contribution is -2.09. The number of rotatable bonds is 8. The minimum Gasteiger partial charge on any atom is -0.504 e. The van der Waals surface area contributed by atoms with Crippen molar-refractivity contribution in [3.63, 3.8) is 0 Å². The van der Waals surface area contributed by atoms with Gasteiger partial charge in [0, 0.05) is 17.4 Å². The van der Waals surface area contributed by atoms with Gasteiger partial charge < -0.3 is 19.7 Å². The van der Waals surface area contributed by atoms with E-state index in [9.17, 15) is 5.11 Å². The predicted octanol–water partition coefficient (Wildman–Crippen LogP) is 6.86. The largest absolute Gasteiger partial charge is 0.504 e. The smallest absolute Gasteiger partial charge is 0.178 e. The van der Waals surface area contributed by atoms with E-state index in [1.54, 1.807) is 11.4 Å². The van der Waals surface area contributed by atoms with Crippen LogP contribution in [0.3, 0.4) is 0 Å². The van der Waals surface area contributed by atoms with Crippen molar-refractivity contribution in [2.75, 3.05) is 11.7 Å². The molecule has 0 bridgehead atoms. The number of ether oxygens (including phenoxy) is 2. The van der Waals surface area contributed by atoms with Crippen molar-refractivity contribution in [3.05, 3.63) is 77.0 Å². The van der Waals surface area contributed by atoms with E-state index in [1.807, 2.05) is 71.6 Å². The Morgan fingerprint density at radius 2 is 1.85 bits per heavy atom. The van der Waals surface area contributed by atoms with E-state index in [1.165, 1.54) is 11.3 Å². The summed E-state index contributed by atoms with van der Waals surface area (Å²) >= 11 is 3.73. The van der Waals surface area contributed by atoms with Gasteiger partial charge in [-0.1, -0.05) is 17.3 Å². The standard InChI is InChI=1S/C23H22IN4O3PS/c1-16-14-33-15-23(22(29)11-10-19(16)26-32-24)31-18-8-6-17(7-9-18)30-13-12-28-21-5-3-2-4-20(21)25-27-28/h2-11,14-15,26,29,32H,12-13H2,1H3. The molecule has 4 rings (SSSR count). The lowest BCUT2D eigenvalue weighted by atomic mass is 10.3. The summed E-state index contributed by atoms with van der Waals surface area (Å²) in [5, 5.41) is 25.9. The molecule has 170 valence electrons. The van der Waals surface area contributed by atoms with Crippen LogP contribution in [0.5, 0.6) is 23.0 Å². The number of nitrogens with zero attached hydrogens (tertiary/aromatic N) is 3. The van der Waals surface area contributed by atoms with Crippen molar-refractivity contribution in [1.29, 1.82) is 0 Å². The normalized spacial score (nSPS) is 11.0. The molecule has 2 heterocycles. The molecule has 33 heavy (non-hydrogen) atoms. The second kappa shape index (κ2) is 11.5. The number of fused-ring (bicyclic) bond motifs is 1. The number of aromatic hydroxyl groups is 1. The van der Waals surface area contributed by atoms with Crippen LogP contribution in [-0.4, -0.2) is 26.7 Å². The molecule has 4 aromatic rings. The number of nitrogens with one attached hydrogen (secondary N) is 1. The van der Waals surface area contributed by atoms with Gasteiger partial charge in [0.2, 0.25) is 0 Å². The van der Waals surface area contributed by atoms with Gasteiger partial charge in [0.05, 0.1) is 12.1 Å². The van der Waals surface area contributed by atoms with Gasteiger partial charge in [0.1, 0.15) is 23.6 Å². The Hall–Kier alpha value is -2.62. The number of hydrogen-bond donors (Lipinski definition) is 2. The number of hydrogen-bond acceptors (Lipinski definition) is 7. The Kier molecular flexibility index (Phi) is 8.20. The third-order valence-corrected chi connectivity index (χ3v) is 6.74. The molecule has 0 saturated heterocycles. The minimum atomic E-state index is 0.0575. The average molecular weight is 592 g/mol. The zero-order valence-electron chi connectivity index (χ0n) is 17.7. The fraction of sp³-hybridized carbons (Fsp3) is 0.130. The molecule has 0 spiro atoms. The van der Waals surface area contributed by atoms with Crippen molar-refractivity contribution in [3.8, 4) is 23.0 Å². The Bertz CT molecular complexity index is 1280. The Balaban J connectivity index is 1.40. The van der Waals surface area contributed by atoms with Gasteiger partial charge in [0.25, 0.3) is 0 Å². The summed E-state index contributed by atoms with van der Waals surface area (Å²) < 4.78 is 13.6. The Labute approximate surface area is 210 Å². The topological polar surface area (TPSA) is 81.4 Å². The van der Waals surface area contributed by atoms with Gasteiger partial charge in [-0.3, -0.25) is 0 Å². The van der Waals surface area contributed by atoms with Crippen molar-refractivity contribution < 1.29 is 14.6 Å². The van der Waals surface area contributed by atoms with Crippen LogP contribution in [0.15, 0.2) is 71.4 Å². The average Bonchev–Trinajstić information content (AvgIpc) is 3.26. The summed E-state index contributed by atoms with van der Waals surface area (Å²) in [5.74, 6) is 1.76. The van der Waals surface area contributed by atoms with Gasteiger partial charge in [-0.05, 0) is 88.4 Å². The van der Waals surface area contributed by atoms with Crippen LogP contribution in [0.25, 0.3) is 11.0 Å². The monoisotopic (exact) mass is 592 g/mol. The molecule has 1 atom stereocenters. The van der Waals surface area contributed by atoms with Crippen molar-refractivity contribution in [1.82, 2.24) is 15.0 Å². The summed E-state index contributed by atoms with van der Waals surface area (Å²) in [6, 6.07) is 18.6. The summed E-state index contributed by atoms with van der Waals surface area (Å²) in [5.41, 5.74) is 3.91. The fourth-order valence-electron chi connectivity index (χ4n) is 3.03. The highest BCUT2D eigenvalue weighted by molar-refractivity contribution is 14.2. The summed E-state index contributed by atoms with van der Waals surface area (Å²) in [7, 11) is 0. The zero-order chi connectivity index (χ0) is 23.0. The quantitative estimate of drug-likeness (QED) is 0.172. The molecule has 0 aliphatic carbocycles. The molecule has 0 amide bonds. The summed E-state index contributed by atoms with van der Waals surface area (Å²) in [6.45, 7) is 3.08. The number of halogens is 1. The third-order valence-electron chi connectivity index (χ3n) is 4.73. The number of anilines is 1. The van der Waals surface area contributed by atoms with E-state index in [-0.39, 0.29) is 5.75 Å². The maximum Gasteiger partial charge on any atom is 0.178 e. The van der Waals surface area contributed by atoms with E-state index < -0.39 is 0 Å². The minimum absolute atomic E-state index is 0.0575. The number of para-hydroxylation sites is 1. The van der Waals surface area contributed by atoms with Gasteiger partial charge in [0.15, 0.2) is 11.5 Å². The first-order valence-electron chi connectivity index (χ1n) is 10.1. The number of aryl methyl sites for hydroxylation is 1. The first kappa shape index (κ1) is 23.5. The van der Waals surface area contributed by atoms with E-state index in [0.717, 1.165) is 28.0 Å². The molecular formula is C23H22IN4O3PS. The van der Waals surface area contributed by atoms with Gasteiger partial charge in [-0.25, -0.2) is 4.68 Å². The maximum absolute atomic E-state index is 10.5. The third kappa shape index (κ3) is 6.25. The molecule has 0 saturated carbocycles. The van der Waals surface area contributed by atoms with Crippen molar-refractivity contribution in [2.24, 2.45) is 0 Å². The molecule has 1 unspecified atom stereocenters. The lowest BCUT2D eigenvalue weighted by Gasteiger charge is -2.09. The number of benzene rings is 2. The molecule has 0 aliphatic rings. The Morgan fingerprint density at radius 3 is 2.67 bits per heavy atom. The lowest BCUT2D eigenvalue weighted by molar-refractivity contribution is 0.291. The van der Waals surface area contributed by atoms with E-state index in [0.29, 0.717) is 31.0 Å².